The molecule has 0 radical (unpaired) electrons. The van der Waals surface area contributed by atoms with E-state index in [9.17, 15) is 4.91 Å². The van der Waals surface area contributed by atoms with E-state index in [2.05, 4.69) is 10.2 Å². The highest BCUT2D eigenvalue weighted by molar-refractivity contribution is 5.66. The largest absolute Gasteiger partial charge is 0.441 e. The zero-order chi connectivity index (χ0) is 13.9. The van der Waals surface area contributed by atoms with Crippen LogP contribution < -0.4 is 0 Å². The van der Waals surface area contributed by atoms with Gasteiger partial charge in [0.2, 0.25) is 5.89 Å². The summed E-state index contributed by atoms with van der Waals surface area (Å²) in [6, 6.07) is 16.7. The summed E-state index contributed by atoms with van der Waals surface area (Å²) < 4.78 is 5.71. The predicted octanol–water partition coefficient (Wildman–Crippen LogP) is 4.71. The fourth-order valence-electron chi connectivity index (χ4n) is 2.05. The van der Waals surface area contributed by atoms with Crippen molar-refractivity contribution >= 4 is 5.69 Å². The van der Waals surface area contributed by atoms with Crippen LogP contribution in [0.5, 0.6) is 0 Å². The first kappa shape index (κ1) is 12.3. The minimum absolute atomic E-state index is 0.389. The van der Waals surface area contributed by atoms with Gasteiger partial charge in [0, 0.05) is 11.1 Å². The zero-order valence-electron chi connectivity index (χ0n) is 10.9. The molecular weight excluding hydrogens is 252 g/mol. The average molecular weight is 264 g/mol. The lowest BCUT2D eigenvalue weighted by Crippen LogP contribution is -1.80. The smallest absolute Gasteiger partial charge is 0.226 e. The van der Waals surface area contributed by atoms with E-state index in [4.69, 9.17) is 4.42 Å². The van der Waals surface area contributed by atoms with Gasteiger partial charge in [-0.05, 0) is 36.4 Å². The molecule has 4 heteroatoms. The van der Waals surface area contributed by atoms with Crippen LogP contribution in [0, 0.1) is 11.8 Å². The lowest BCUT2D eigenvalue weighted by molar-refractivity contribution is 0.543. The molecule has 0 unspecified atom stereocenters. The topological polar surface area (TPSA) is 55.5 Å². The van der Waals surface area contributed by atoms with E-state index in [-0.39, 0.29) is 0 Å². The Morgan fingerprint density at radius 3 is 2.30 bits per heavy atom. The molecule has 0 fully saturated rings. The van der Waals surface area contributed by atoms with Gasteiger partial charge in [0.1, 0.15) is 17.1 Å². The molecule has 0 aliphatic rings. The van der Waals surface area contributed by atoms with Crippen molar-refractivity contribution in [1.29, 1.82) is 0 Å². The molecule has 3 rings (SSSR count). The highest BCUT2D eigenvalue weighted by Crippen LogP contribution is 2.29. The molecule has 0 saturated heterocycles. The van der Waals surface area contributed by atoms with E-state index >= 15 is 0 Å². The summed E-state index contributed by atoms with van der Waals surface area (Å²) in [5.41, 5.74) is 3.06. The van der Waals surface area contributed by atoms with E-state index in [1.807, 2.05) is 37.3 Å². The maximum atomic E-state index is 10.4. The molecule has 20 heavy (non-hydrogen) atoms. The maximum absolute atomic E-state index is 10.4. The lowest BCUT2D eigenvalue weighted by atomic mass is 10.1. The van der Waals surface area contributed by atoms with Gasteiger partial charge in [0.05, 0.1) is 0 Å². The number of aryl methyl sites for hydroxylation is 1. The third-order valence-corrected chi connectivity index (χ3v) is 3.06. The summed E-state index contributed by atoms with van der Waals surface area (Å²) in [7, 11) is 0. The third-order valence-electron chi connectivity index (χ3n) is 3.06. The molecule has 2 aromatic carbocycles. The Morgan fingerprint density at radius 1 is 0.950 bits per heavy atom. The Hall–Kier alpha value is -2.75. The molecule has 0 aliphatic carbocycles. The van der Waals surface area contributed by atoms with Crippen molar-refractivity contribution in [1.82, 2.24) is 4.98 Å². The highest BCUT2D eigenvalue weighted by atomic mass is 16.4. The van der Waals surface area contributed by atoms with E-state index in [0.29, 0.717) is 11.6 Å². The molecular formula is C16H12N2O2. The molecule has 0 atom stereocenters. The zero-order valence-corrected chi connectivity index (χ0v) is 10.9. The van der Waals surface area contributed by atoms with Gasteiger partial charge in [-0.25, -0.2) is 4.98 Å². The van der Waals surface area contributed by atoms with Crippen molar-refractivity contribution in [2.24, 2.45) is 5.18 Å². The molecule has 4 nitrogen and oxygen atoms in total. The molecule has 0 spiro atoms. The molecule has 1 aromatic heterocycles. The van der Waals surface area contributed by atoms with Crippen LogP contribution in [0.15, 0.2) is 64.2 Å². The number of aromatic nitrogens is 1. The summed E-state index contributed by atoms with van der Waals surface area (Å²) >= 11 is 0. The molecule has 3 aromatic rings. The first-order valence-electron chi connectivity index (χ1n) is 6.24. The SMILES string of the molecule is Cc1oc(-c2ccc(N=O)cc2)nc1-c1ccccc1. The summed E-state index contributed by atoms with van der Waals surface area (Å²) in [5.74, 6) is 1.31. The van der Waals surface area contributed by atoms with Crippen LogP contribution in [0.2, 0.25) is 0 Å². The normalized spacial score (nSPS) is 10.4. The molecule has 1 heterocycles. The highest BCUT2D eigenvalue weighted by Gasteiger charge is 2.12. The fourth-order valence-corrected chi connectivity index (χ4v) is 2.05. The minimum Gasteiger partial charge on any atom is -0.441 e. The van der Waals surface area contributed by atoms with Crippen molar-refractivity contribution < 1.29 is 4.42 Å². The van der Waals surface area contributed by atoms with Gasteiger partial charge in [0.15, 0.2) is 0 Å². The molecule has 0 aliphatic heterocycles. The number of nitroso groups, excluding NO2 is 1. The number of benzene rings is 2. The van der Waals surface area contributed by atoms with Crippen LogP contribution in [-0.2, 0) is 0 Å². The summed E-state index contributed by atoms with van der Waals surface area (Å²) in [6.07, 6.45) is 0. The molecule has 0 amide bonds. The minimum atomic E-state index is 0.389. The second-order valence-electron chi connectivity index (χ2n) is 4.43. The first-order chi connectivity index (χ1) is 9.78. The molecule has 98 valence electrons. The van der Waals surface area contributed by atoms with Crippen molar-refractivity contribution in [3.05, 3.63) is 65.3 Å². The van der Waals surface area contributed by atoms with E-state index in [1.165, 1.54) is 0 Å². The van der Waals surface area contributed by atoms with Crippen LogP contribution >= 0.6 is 0 Å². The van der Waals surface area contributed by atoms with Crippen LogP contribution in [0.4, 0.5) is 5.69 Å². The van der Waals surface area contributed by atoms with Gasteiger partial charge >= 0.3 is 0 Å². The van der Waals surface area contributed by atoms with E-state index in [0.717, 1.165) is 22.6 Å². The van der Waals surface area contributed by atoms with Gasteiger partial charge in [-0.1, -0.05) is 30.3 Å². The third kappa shape index (κ3) is 2.23. The van der Waals surface area contributed by atoms with Crippen molar-refractivity contribution in [3.63, 3.8) is 0 Å². The number of hydrogen-bond acceptors (Lipinski definition) is 4. The lowest BCUT2D eigenvalue weighted by Gasteiger charge is -1.95. The van der Waals surface area contributed by atoms with Crippen LogP contribution in [-0.4, -0.2) is 4.98 Å². The first-order valence-corrected chi connectivity index (χ1v) is 6.24. The standard InChI is InChI=1S/C16H12N2O2/c1-11-15(12-5-3-2-4-6-12)17-16(20-11)13-7-9-14(18-19)10-8-13/h2-10H,1H3. The average Bonchev–Trinajstić information content (AvgIpc) is 2.90. The Kier molecular flexibility index (Phi) is 3.13. The van der Waals surface area contributed by atoms with E-state index in [1.54, 1.807) is 24.3 Å². The molecule has 0 N–H and O–H groups in total. The fraction of sp³-hybridized carbons (Fsp3) is 0.0625. The monoisotopic (exact) mass is 264 g/mol. The van der Waals surface area contributed by atoms with E-state index < -0.39 is 0 Å². The molecule has 0 saturated carbocycles. The van der Waals surface area contributed by atoms with Crippen LogP contribution in [0.3, 0.4) is 0 Å². The quantitative estimate of drug-likeness (QED) is 0.643. The maximum Gasteiger partial charge on any atom is 0.226 e. The van der Waals surface area contributed by atoms with Crippen molar-refractivity contribution in [3.8, 4) is 22.7 Å². The Balaban J connectivity index is 2.01. The molecule has 0 bridgehead atoms. The Morgan fingerprint density at radius 2 is 1.65 bits per heavy atom. The number of rotatable bonds is 3. The summed E-state index contributed by atoms with van der Waals surface area (Å²) in [4.78, 5) is 14.9. The predicted molar refractivity (Wildman–Crippen MR) is 77.6 cm³/mol. The van der Waals surface area contributed by atoms with Crippen molar-refractivity contribution in [2.75, 3.05) is 0 Å². The van der Waals surface area contributed by atoms with Crippen LogP contribution in [0.25, 0.3) is 22.7 Å². The Labute approximate surface area is 116 Å². The number of hydrogen-bond donors (Lipinski definition) is 0. The van der Waals surface area contributed by atoms with Gasteiger partial charge in [-0.3, -0.25) is 0 Å². The van der Waals surface area contributed by atoms with Gasteiger partial charge in [-0.2, -0.15) is 0 Å². The number of oxazole rings is 1. The second kappa shape index (κ2) is 5.09. The summed E-state index contributed by atoms with van der Waals surface area (Å²) in [6.45, 7) is 1.89. The second-order valence-corrected chi connectivity index (χ2v) is 4.43. The number of nitrogens with zero attached hydrogens (tertiary/aromatic N) is 2. The van der Waals surface area contributed by atoms with Gasteiger partial charge in [-0.15, -0.1) is 4.91 Å². The van der Waals surface area contributed by atoms with Gasteiger partial charge < -0.3 is 4.42 Å². The summed E-state index contributed by atoms with van der Waals surface area (Å²) in [5, 5.41) is 2.87. The Bertz CT molecular complexity index is 731. The van der Waals surface area contributed by atoms with Gasteiger partial charge in [0.25, 0.3) is 0 Å². The van der Waals surface area contributed by atoms with Crippen LogP contribution in [0.1, 0.15) is 5.76 Å². The van der Waals surface area contributed by atoms with Crippen molar-refractivity contribution in [2.45, 2.75) is 6.92 Å².